The molecule has 0 N–H and O–H groups in total. The highest BCUT2D eigenvalue weighted by molar-refractivity contribution is 5.67. The summed E-state index contributed by atoms with van der Waals surface area (Å²) >= 11 is 0. The van der Waals surface area contributed by atoms with Gasteiger partial charge >= 0.3 is 6.09 Å². The van der Waals surface area contributed by atoms with Gasteiger partial charge in [-0.3, -0.25) is 0 Å². The summed E-state index contributed by atoms with van der Waals surface area (Å²) in [6, 6.07) is 17.4. The van der Waals surface area contributed by atoms with E-state index in [9.17, 15) is 9.59 Å². The van der Waals surface area contributed by atoms with Crippen LogP contribution >= 0.6 is 0 Å². The van der Waals surface area contributed by atoms with E-state index in [0.29, 0.717) is 25.1 Å². The third-order valence-electron chi connectivity index (χ3n) is 4.10. The Balaban J connectivity index is 2.09. The molecule has 0 aliphatic carbocycles. The van der Waals surface area contributed by atoms with Crippen LogP contribution in [0.2, 0.25) is 0 Å². The molecule has 2 rings (SSSR count). The fraction of sp³-hybridized carbons (Fsp3) is 0.391. The van der Waals surface area contributed by atoms with Crippen LogP contribution in [0.5, 0.6) is 5.75 Å². The zero-order chi connectivity index (χ0) is 20.6. The predicted octanol–water partition coefficient (Wildman–Crippen LogP) is 4.81. The van der Waals surface area contributed by atoms with Crippen molar-refractivity contribution in [2.24, 2.45) is 0 Å². The highest BCUT2D eigenvalue weighted by atomic mass is 16.6. The molecule has 150 valence electrons. The summed E-state index contributed by atoms with van der Waals surface area (Å²) in [6.07, 6.45) is 1.26. The van der Waals surface area contributed by atoms with E-state index in [1.807, 2.05) is 75.4 Å². The number of carbonyl (C=O) groups excluding carboxylic acids is 2. The molecule has 0 aliphatic heterocycles. The summed E-state index contributed by atoms with van der Waals surface area (Å²) in [7, 11) is 1.72. The molecule has 0 bridgehead atoms. The average molecular weight is 383 g/mol. The molecule has 5 nitrogen and oxygen atoms in total. The Kier molecular flexibility index (Phi) is 7.61. The van der Waals surface area contributed by atoms with Gasteiger partial charge in [-0.2, -0.15) is 0 Å². The monoisotopic (exact) mass is 383 g/mol. The molecule has 0 radical (unpaired) electrons. The van der Waals surface area contributed by atoms with Crippen molar-refractivity contribution in [1.82, 2.24) is 4.90 Å². The normalized spacial score (nSPS) is 12.1. The Bertz CT molecular complexity index is 768. The second-order valence-electron chi connectivity index (χ2n) is 7.73. The highest BCUT2D eigenvalue weighted by Crippen LogP contribution is 2.26. The van der Waals surface area contributed by atoms with Crippen molar-refractivity contribution >= 4 is 12.4 Å². The van der Waals surface area contributed by atoms with Crippen LogP contribution in [-0.2, 0) is 16.0 Å². The molecule has 2 aromatic carbocycles. The number of benzene rings is 2. The lowest BCUT2D eigenvalue weighted by Crippen LogP contribution is -2.35. The van der Waals surface area contributed by atoms with E-state index >= 15 is 0 Å². The first kappa shape index (κ1) is 21.5. The van der Waals surface area contributed by atoms with Crippen LogP contribution in [0.3, 0.4) is 0 Å². The van der Waals surface area contributed by atoms with E-state index in [-0.39, 0.29) is 12.2 Å². The SMILES string of the molecule is CN(CC[C@@H](Oc1cccc(CC=O)c1)c1ccccc1)C(=O)OC(C)(C)C. The van der Waals surface area contributed by atoms with Crippen LogP contribution in [0, 0.1) is 0 Å². The third kappa shape index (κ3) is 7.06. The molecule has 1 amide bonds. The zero-order valence-electron chi connectivity index (χ0n) is 17.1. The lowest BCUT2D eigenvalue weighted by Gasteiger charge is -2.26. The zero-order valence-corrected chi connectivity index (χ0v) is 17.1. The molecular weight excluding hydrogens is 354 g/mol. The van der Waals surface area contributed by atoms with Gasteiger partial charge in [0.2, 0.25) is 0 Å². The van der Waals surface area contributed by atoms with Gasteiger partial charge in [-0.05, 0) is 44.0 Å². The molecule has 1 atom stereocenters. The van der Waals surface area contributed by atoms with Crippen LogP contribution in [0.1, 0.15) is 44.4 Å². The maximum absolute atomic E-state index is 12.2. The van der Waals surface area contributed by atoms with Gasteiger partial charge in [-0.15, -0.1) is 0 Å². The van der Waals surface area contributed by atoms with Crippen molar-refractivity contribution < 1.29 is 19.1 Å². The molecule has 28 heavy (non-hydrogen) atoms. The Labute approximate surface area is 167 Å². The van der Waals surface area contributed by atoms with Crippen LogP contribution < -0.4 is 4.74 Å². The summed E-state index contributed by atoms with van der Waals surface area (Å²) < 4.78 is 11.6. The van der Waals surface area contributed by atoms with Gasteiger partial charge in [-0.25, -0.2) is 4.79 Å². The third-order valence-corrected chi connectivity index (χ3v) is 4.10. The second kappa shape index (κ2) is 9.93. The molecule has 0 aliphatic rings. The standard InChI is InChI=1S/C23H29NO4/c1-23(2,3)28-22(26)24(4)15-13-21(19-10-6-5-7-11-19)27-20-12-8-9-18(17-20)14-16-25/h5-12,16-17,21H,13-15H2,1-4H3/t21-/m1/s1. The molecule has 0 unspecified atom stereocenters. The summed E-state index contributed by atoms with van der Waals surface area (Å²) in [5, 5.41) is 0. The Morgan fingerprint density at radius 1 is 1.11 bits per heavy atom. The minimum atomic E-state index is -0.528. The molecule has 0 spiro atoms. The molecule has 0 fully saturated rings. The molecule has 0 aromatic heterocycles. The van der Waals surface area contributed by atoms with Gasteiger partial charge in [-0.1, -0.05) is 42.5 Å². The van der Waals surface area contributed by atoms with Crippen LogP contribution in [0.4, 0.5) is 4.79 Å². The fourth-order valence-electron chi connectivity index (χ4n) is 2.71. The summed E-state index contributed by atoms with van der Waals surface area (Å²) in [4.78, 5) is 24.6. The predicted molar refractivity (Wildman–Crippen MR) is 110 cm³/mol. The summed E-state index contributed by atoms with van der Waals surface area (Å²) in [5.41, 5.74) is 1.41. The second-order valence-corrected chi connectivity index (χ2v) is 7.73. The first-order chi connectivity index (χ1) is 13.3. The molecule has 2 aromatic rings. The number of hydrogen-bond donors (Lipinski definition) is 0. The van der Waals surface area contributed by atoms with Crippen molar-refractivity contribution in [3.8, 4) is 5.75 Å². The van der Waals surface area contributed by atoms with Crippen LogP contribution in [0.25, 0.3) is 0 Å². The maximum atomic E-state index is 12.2. The van der Waals surface area contributed by atoms with Gasteiger partial charge in [0.25, 0.3) is 0 Å². The van der Waals surface area contributed by atoms with E-state index in [4.69, 9.17) is 9.47 Å². The summed E-state index contributed by atoms with van der Waals surface area (Å²) in [5.74, 6) is 0.702. The minimum absolute atomic E-state index is 0.224. The summed E-state index contributed by atoms with van der Waals surface area (Å²) in [6.45, 7) is 6.03. The molecule has 5 heteroatoms. The molecule has 0 heterocycles. The smallest absolute Gasteiger partial charge is 0.410 e. The lowest BCUT2D eigenvalue weighted by atomic mass is 10.1. The van der Waals surface area contributed by atoms with Crippen LogP contribution in [-0.4, -0.2) is 36.5 Å². The van der Waals surface area contributed by atoms with Crippen molar-refractivity contribution in [1.29, 1.82) is 0 Å². The van der Waals surface area contributed by atoms with E-state index in [1.54, 1.807) is 11.9 Å². The van der Waals surface area contributed by atoms with Gasteiger partial charge in [0.05, 0.1) is 0 Å². The Morgan fingerprint density at radius 2 is 1.82 bits per heavy atom. The Morgan fingerprint density at radius 3 is 2.46 bits per heavy atom. The van der Waals surface area contributed by atoms with E-state index in [2.05, 4.69) is 0 Å². The lowest BCUT2D eigenvalue weighted by molar-refractivity contribution is -0.107. The average Bonchev–Trinajstić information content (AvgIpc) is 2.65. The highest BCUT2D eigenvalue weighted by Gasteiger charge is 2.21. The number of rotatable bonds is 8. The number of hydrogen-bond acceptors (Lipinski definition) is 4. The quantitative estimate of drug-likeness (QED) is 0.614. The number of carbonyl (C=O) groups is 2. The maximum Gasteiger partial charge on any atom is 0.410 e. The van der Waals surface area contributed by atoms with Gasteiger partial charge in [0, 0.05) is 26.4 Å². The van der Waals surface area contributed by atoms with Gasteiger partial charge in [0.15, 0.2) is 0 Å². The first-order valence-corrected chi connectivity index (χ1v) is 9.47. The van der Waals surface area contributed by atoms with Crippen molar-refractivity contribution in [3.63, 3.8) is 0 Å². The Hall–Kier alpha value is -2.82. The topological polar surface area (TPSA) is 55.8 Å². The fourth-order valence-corrected chi connectivity index (χ4v) is 2.71. The molecule has 0 saturated heterocycles. The number of nitrogens with zero attached hydrogens (tertiary/aromatic N) is 1. The molecular formula is C23H29NO4. The van der Waals surface area contributed by atoms with E-state index in [0.717, 1.165) is 17.4 Å². The molecule has 0 saturated carbocycles. The van der Waals surface area contributed by atoms with Gasteiger partial charge in [0.1, 0.15) is 23.7 Å². The van der Waals surface area contributed by atoms with Crippen LogP contribution in [0.15, 0.2) is 54.6 Å². The van der Waals surface area contributed by atoms with E-state index in [1.165, 1.54) is 0 Å². The largest absolute Gasteiger partial charge is 0.486 e. The first-order valence-electron chi connectivity index (χ1n) is 9.47. The van der Waals surface area contributed by atoms with Crippen molar-refractivity contribution in [3.05, 3.63) is 65.7 Å². The van der Waals surface area contributed by atoms with E-state index < -0.39 is 5.60 Å². The van der Waals surface area contributed by atoms with Crippen molar-refractivity contribution in [2.75, 3.05) is 13.6 Å². The van der Waals surface area contributed by atoms with Gasteiger partial charge < -0.3 is 19.2 Å². The number of ether oxygens (including phenoxy) is 2. The number of amides is 1. The van der Waals surface area contributed by atoms with Crippen molar-refractivity contribution in [2.45, 2.75) is 45.3 Å². The number of aldehydes is 1. The minimum Gasteiger partial charge on any atom is -0.486 e.